The lowest BCUT2D eigenvalue weighted by Gasteiger charge is -2.17. The van der Waals surface area contributed by atoms with Crippen LogP contribution in [0, 0.1) is 11.6 Å². The third kappa shape index (κ3) is 4.36. The first kappa shape index (κ1) is 15.6. The van der Waals surface area contributed by atoms with Gasteiger partial charge in [0.05, 0.1) is 6.04 Å². The molecule has 0 amide bonds. The van der Waals surface area contributed by atoms with Gasteiger partial charge in [-0.3, -0.25) is 4.21 Å². The van der Waals surface area contributed by atoms with Crippen LogP contribution < -0.4 is 5.32 Å². The van der Waals surface area contributed by atoms with E-state index < -0.39 is 22.4 Å². The van der Waals surface area contributed by atoms with E-state index in [2.05, 4.69) is 5.32 Å². The van der Waals surface area contributed by atoms with E-state index in [1.807, 2.05) is 24.3 Å². The molecule has 0 saturated carbocycles. The molecule has 0 spiro atoms. The topological polar surface area (TPSA) is 29.1 Å². The van der Waals surface area contributed by atoms with Gasteiger partial charge < -0.3 is 5.32 Å². The average molecular weight is 309 g/mol. The van der Waals surface area contributed by atoms with Crippen molar-refractivity contribution in [1.29, 1.82) is 0 Å². The van der Waals surface area contributed by atoms with Crippen molar-refractivity contribution in [3.8, 4) is 0 Å². The smallest absolute Gasteiger partial charge is 0.128 e. The molecule has 1 N–H and O–H groups in total. The summed E-state index contributed by atoms with van der Waals surface area (Å²) in [5.74, 6) is -0.435. The highest BCUT2D eigenvalue weighted by atomic mass is 32.2. The molecule has 2 nitrogen and oxygen atoms in total. The monoisotopic (exact) mass is 309 g/mol. The number of rotatable bonds is 5. The van der Waals surface area contributed by atoms with E-state index >= 15 is 0 Å². The Morgan fingerprint density at radius 1 is 1.19 bits per heavy atom. The van der Waals surface area contributed by atoms with Crippen molar-refractivity contribution < 1.29 is 13.0 Å². The molecule has 0 unspecified atom stereocenters. The minimum absolute atomic E-state index is 0.277. The molecule has 2 atom stereocenters. The van der Waals surface area contributed by atoms with Gasteiger partial charge in [-0.1, -0.05) is 12.1 Å². The van der Waals surface area contributed by atoms with Gasteiger partial charge >= 0.3 is 0 Å². The zero-order valence-corrected chi connectivity index (χ0v) is 12.7. The lowest BCUT2D eigenvalue weighted by Crippen LogP contribution is -2.09. The molecule has 0 fully saturated rings. The van der Waals surface area contributed by atoms with Crippen LogP contribution in [-0.4, -0.2) is 10.5 Å². The summed E-state index contributed by atoms with van der Waals surface area (Å²) in [6.07, 6.45) is 1.64. The number of anilines is 1. The predicted molar refractivity (Wildman–Crippen MR) is 82.6 cm³/mol. The lowest BCUT2D eigenvalue weighted by atomic mass is 10.1. The molecule has 21 heavy (non-hydrogen) atoms. The van der Waals surface area contributed by atoms with E-state index in [1.54, 1.807) is 13.2 Å². The highest BCUT2D eigenvalue weighted by Gasteiger charge is 2.12. The van der Waals surface area contributed by atoms with E-state index in [-0.39, 0.29) is 11.6 Å². The Morgan fingerprint density at radius 2 is 1.95 bits per heavy atom. The van der Waals surface area contributed by atoms with Crippen molar-refractivity contribution >= 4 is 16.5 Å². The number of benzene rings is 2. The second-order valence-corrected chi connectivity index (χ2v) is 6.38. The van der Waals surface area contributed by atoms with Crippen molar-refractivity contribution in [2.45, 2.75) is 18.7 Å². The van der Waals surface area contributed by atoms with Crippen LogP contribution in [0.5, 0.6) is 0 Å². The first-order chi connectivity index (χ1) is 9.95. The second-order valence-electron chi connectivity index (χ2n) is 4.95. The maximum atomic E-state index is 13.7. The third-order valence-electron chi connectivity index (χ3n) is 3.10. The van der Waals surface area contributed by atoms with Crippen LogP contribution in [0.3, 0.4) is 0 Å². The summed E-state index contributed by atoms with van der Waals surface area (Å²) in [5, 5.41) is 3.13. The quantitative estimate of drug-likeness (QED) is 0.904. The normalized spacial score (nSPS) is 13.7. The molecule has 0 aliphatic rings. The highest BCUT2D eigenvalue weighted by molar-refractivity contribution is 7.83. The van der Waals surface area contributed by atoms with Crippen molar-refractivity contribution in [3.63, 3.8) is 0 Å². The predicted octanol–water partition coefficient (Wildman–Crippen LogP) is 4.02. The Balaban J connectivity index is 2.17. The molecular formula is C16H17F2NOS. The molecule has 0 bridgehead atoms. The molecule has 2 rings (SSSR count). The van der Waals surface area contributed by atoms with Crippen LogP contribution in [0.2, 0.25) is 0 Å². The first-order valence-electron chi connectivity index (χ1n) is 6.56. The third-order valence-corrected chi connectivity index (χ3v) is 3.84. The zero-order valence-electron chi connectivity index (χ0n) is 11.9. The molecule has 0 radical (unpaired) electrons. The van der Waals surface area contributed by atoms with Crippen molar-refractivity contribution in [3.05, 3.63) is 65.2 Å². The summed E-state index contributed by atoms with van der Waals surface area (Å²) in [4.78, 5) is 0. The van der Waals surface area contributed by atoms with Gasteiger partial charge in [0.2, 0.25) is 0 Å². The van der Waals surface area contributed by atoms with E-state index in [9.17, 15) is 13.0 Å². The summed E-state index contributed by atoms with van der Waals surface area (Å²) in [6, 6.07) is 10.5. The van der Waals surface area contributed by atoms with Gasteiger partial charge in [-0.25, -0.2) is 8.78 Å². The Kier molecular flexibility index (Phi) is 5.07. The van der Waals surface area contributed by atoms with Crippen LogP contribution in [0.25, 0.3) is 0 Å². The minimum Gasteiger partial charge on any atom is -0.378 e. The fraction of sp³-hybridized carbons (Fsp3) is 0.250. The van der Waals surface area contributed by atoms with Crippen LogP contribution in [0.1, 0.15) is 24.1 Å². The molecule has 0 aromatic heterocycles. The first-order valence-corrected chi connectivity index (χ1v) is 8.29. The number of halogens is 2. The summed E-state index contributed by atoms with van der Waals surface area (Å²) in [5.41, 5.74) is 2.00. The summed E-state index contributed by atoms with van der Waals surface area (Å²) >= 11 is 0. The molecule has 5 heteroatoms. The standard InChI is InChI=1S/C16H17F2NOS/c1-11(15-9-13(17)6-7-16(15)18)19-14-5-3-4-12(8-14)10-21(2)20/h3-9,11,19H,10H2,1-2H3/t11-,21+/m1/s1. The van der Waals surface area contributed by atoms with Gasteiger partial charge in [-0.15, -0.1) is 0 Å². The van der Waals surface area contributed by atoms with E-state index in [0.29, 0.717) is 5.75 Å². The molecule has 0 aliphatic heterocycles. The van der Waals surface area contributed by atoms with E-state index in [4.69, 9.17) is 0 Å². The van der Waals surface area contributed by atoms with E-state index in [1.165, 1.54) is 6.07 Å². The van der Waals surface area contributed by atoms with Crippen LogP contribution in [0.15, 0.2) is 42.5 Å². The molecular weight excluding hydrogens is 292 g/mol. The Bertz CT molecular complexity index is 660. The van der Waals surface area contributed by atoms with Crippen LogP contribution in [-0.2, 0) is 16.6 Å². The van der Waals surface area contributed by atoms with Gasteiger partial charge in [0.15, 0.2) is 0 Å². The van der Waals surface area contributed by atoms with E-state index in [0.717, 1.165) is 23.4 Å². The lowest BCUT2D eigenvalue weighted by molar-refractivity contribution is 0.577. The molecule has 2 aromatic rings. The maximum absolute atomic E-state index is 13.7. The fourth-order valence-corrected chi connectivity index (χ4v) is 2.81. The minimum atomic E-state index is -0.918. The molecule has 0 aliphatic carbocycles. The fourth-order valence-electron chi connectivity index (χ4n) is 2.16. The average Bonchev–Trinajstić information content (AvgIpc) is 2.41. The largest absolute Gasteiger partial charge is 0.378 e. The van der Waals surface area contributed by atoms with Crippen molar-refractivity contribution in [2.24, 2.45) is 0 Å². The zero-order chi connectivity index (χ0) is 15.4. The Hall–Kier alpha value is -1.75. The molecule has 0 saturated heterocycles. The van der Waals surface area contributed by atoms with Gasteiger partial charge in [-0.05, 0) is 42.8 Å². The molecule has 2 aromatic carbocycles. The number of hydrogen-bond acceptors (Lipinski definition) is 2. The van der Waals surface area contributed by atoms with Crippen molar-refractivity contribution in [2.75, 3.05) is 11.6 Å². The van der Waals surface area contributed by atoms with Crippen LogP contribution >= 0.6 is 0 Å². The summed E-state index contributed by atoms with van der Waals surface area (Å²) in [6.45, 7) is 1.77. The molecule has 0 heterocycles. The number of nitrogens with one attached hydrogen (secondary N) is 1. The van der Waals surface area contributed by atoms with Crippen molar-refractivity contribution in [1.82, 2.24) is 0 Å². The highest BCUT2D eigenvalue weighted by Crippen LogP contribution is 2.23. The Morgan fingerprint density at radius 3 is 2.67 bits per heavy atom. The molecule has 112 valence electrons. The van der Waals surface area contributed by atoms with Gasteiger partial charge in [0.1, 0.15) is 11.6 Å². The summed E-state index contributed by atoms with van der Waals surface area (Å²) in [7, 11) is -0.918. The number of hydrogen-bond donors (Lipinski definition) is 1. The van der Waals surface area contributed by atoms with Gasteiger partial charge in [0, 0.05) is 34.1 Å². The van der Waals surface area contributed by atoms with Gasteiger partial charge in [-0.2, -0.15) is 0 Å². The van der Waals surface area contributed by atoms with Gasteiger partial charge in [0.25, 0.3) is 0 Å². The Labute approximate surface area is 125 Å². The summed E-state index contributed by atoms with van der Waals surface area (Å²) < 4.78 is 38.2. The van der Waals surface area contributed by atoms with Crippen LogP contribution in [0.4, 0.5) is 14.5 Å². The second kappa shape index (κ2) is 6.80. The SMILES string of the molecule is C[C@@H](Nc1cccc(C[S@](C)=O)c1)c1cc(F)ccc1F. The maximum Gasteiger partial charge on any atom is 0.128 e.